The minimum Gasteiger partial charge on any atom is -0.494 e. The Hall–Kier alpha value is -3.16. The highest BCUT2D eigenvalue weighted by Gasteiger charge is 2.24. The van der Waals surface area contributed by atoms with Crippen molar-refractivity contribution in [3.63, 3.8) is 0 Å². The van der Waals surface area contributed by atoms with E-state index in [1.807, 2.05) is 66.2 Å². The summed E-state index contributed by atoms with van der Waals surface area (Å²) in [6.45, 7) is 3.60. The summed E-state index contributed by atoms with van der Waals surface area (Å²) in [5, 5.41) is 9.47. The van der Waals surface area contributed by atoms with Gasteiger partial charge in [-0.05, 0) is 42.8 Å². The lowest BCUT2D eigenvalue weighted by Crippen LogP contribution is -2.21. The van der Waals surface area contributed by atoms with Crippen LogP contribution in [-0.2, 0) is 17.9 Å². The van der Waals surface area contributed by atoms with Gasteiger partial charge in [0.05, 0.1) is 25.5 Å². The van der Waals surface area contributed by atoms with Gasteiger partial charge in [0.25, 0.3) is 5.89 Å². The van der Waals surface area contributed by atoms with Gasteiger partial charge in [0.1, 0.15) is 11.9 Å². The van der Waals surface area contributed by atoms with E-state index in [2.05, 4.69) is 15.2 Å². The van der Waals surface area contributed by atoms with E-state index in [0.29, 0.717) is 42.2 Å². The van der Waals surface area contributed by atoms with Crippen LogP contribution >= 0.6 is 11.6 Å². The second-order valence-corrected chi connectivity index (χ2v) is 7.37. The van der Waals surface area contributed by atoms with Crippen LogP contribution in [0.1, 0.15) is 24.3 Å². The normalized spacial score (nSPS) is 15.7. The molecule has 5 rings (SSSR count). The molecule has 1 atom stereocenters. The van der Waals surface area contributed by atoms with Crippen LogP contribution in [0.25, 0.3) is 23.0 Å². The van der Waals surface area contributed by atoms with Crippen LogP contribution in [0.5, 0.6) is 5.75 Å². The number of halogens is 1. The predicted molar refractivity (Wildman–Crippen MR) is 111 cm³/mol. The fourth-order valence-electron chi connectivity index (χ4n) is 3.45. The van der Waals surface area contributed by atoms with Crippen molar-refractivity contribution in [3.8, 4) is 28.7 Å². The van der Waals surface area contributed by atoms with E-state index in [1.165, 1.54) is 0 Å². The molecule has 0 unspecified atom stereocenters. The van der Waals surface area contributed by atoms with Crippen molar-refractivity contribution in [1.82, 2.24) is 19.9 Å². The zero-order valence-corrected chi connectivity index (χ0v) is 17.0. The molecule has 0 fully saturated rings. The quantitative estimate of drug-likeness (QED) is 0.454. The lowest BCUT2D eigenvalue weighted by atomic mass is 10.1. The van der Waals surface area contributed by atoms with Crippen molar-refractivity contribution in [3.05, 3.63) is 70.9 Å². The fraction of sp³-hybridized carbons (Fsp3) is 0.227. The van der Waals surface area contributed by atoms with Gasteiger partial charge in [-0.1, -0.05) is 41.0 Å². The zero-order chi connectivity index (χ0) is 20.5. The smallest absolute Gasteiger partial charge is 0.278 e. The standard InChI is InChI=1S/C22H19ClN4O3/c1-2-28-18-5-3-4-15(10-18)21-24-22(30-26-21)19-11-17-13-29-20(12-27(17)25-19)14-6-8-16(23)9-7-14/h3-11,20H,2,12-13H2,1H3/t20-/m1/s1. The van der Waals surface area contributed by atoms with Crippen LogP contribution in [0, 0.1) is 0 Å². The fourth-order valence-corrected chi connectivity index (χ4v) is 3.57. The number of hydrogen-bond donors (Lipinski definition) is 0. The van der Waals surface area contributed by atoms with Gasteiger partial charge >= 0.3 is 0 Å². The topological polar surface area (TPSA) is 75.2 Å². The van der Waals surface area contributed by atoms with E-state index in [1.54, 1.807) is 0 Å². The van der Waals surface area contributed by atoms with Crippen LogP contribution in [0.3, 0.4) is 0 Å². The Morgan fingerprint density at radius 1 is 1.17 bits per heavy atom. The Morgan fingerprint density at radius 3 is 2.87 bits per heavy atom. The average molecular weight is 423 g/mol. The molecule has 7 nitrogen and oxygen atoms in total. The summed E-state index contributed by atoms with van der Waals surface area (Å²) in [4.78, 5) is 4.52. The third-order valence-corrected chi connectivity index (χ3v) is 5.18. The van der Waals surface area contributed by atoms with Crippen molar-refractivity contribution in [2.24, 2.45) is 0 Å². The van der Waals surface area contributed by atoms with Gasteiger partial charge in [-0.3, -0.25) is 4.68 Å². The molecule has 0 bridgehead atoms. The second kappa shape index (κ2) is 7.93. The highest BCUT2D eigenvalue weighted by atomic mass is 35.5. The Bertz CT molecular complexity index is 1170. The number of ether oxygens (including phenoxy) is 2. The molecule has 2 aromatic heterocycles. The number of hydrogen-bond acceptors (Lipinski definition) is 6. The van der Waals surface area contributed by atoms with Crippen molar-refractivity contribution in [1.29, 1.82) is 0 Å². The number of rotatable bonds is 5. The van der Waals surface area contributed by atoms with Gasteiger partial charge in [-0.25, -0.2) is 0 Å². The molecule has 8 heteroatoms. The van der Waals surface area contributed by atoms with Gasteiger partial charge in [-0.15, -0.1) is 0 Å². The van der Waals surface area contributed by atoms with Crippen molar-refractivity contribution in [2.45, 2.75) is 26.2 Å². The van der Waals surface area contributed by atoms with Gasteiger partial charge in [-0.2, -0.15) is 10.1 Å². The molecule has 0 aliphatic carbocycles. The summed E-state index contributed by atoms with van der Waals surface area (Å²) in [6, 6.07) is 17.2. The van der Waals surface area contributed by atoms with Crippen LogP contribution in [0.15, 0.2) is 59.1 Å². The Balaban J connectivity index is 1.37. The lowest BCUT2D eigenvalue weighted by Gasteiger charge is -2.24. The van der Waals surface area contributed by atoms with E-state index < -0.39 is 0 Å². The van der Waals surface area contributed by atoms with Crippen LogP contribution < -0.4 is 4.74 Å². The summed E-state index contributed by atoms with van der Waals surface area (Å²) in [7, 11) is 0. The Labute approximate surface area is 178 Å². The summed E-state index contributed by atoms with van der Waals surface area (Å²) in [5.74, 6) is 1.63. The molecular formula is C22H19ClN4O3. The minimum absolute atomic E-state index is 0.0814. The zero-order valence-electron chi connectivity index (χ0n) is 16.3. The average Bonchev–Trinajstić information content (AvgIpc) is 3.41. The van der Waals surface area contributed by atoms with Gasteiger partial charge < -0.3 is 14.0 Å². The maximum atomic E-state index is 6.01. The predicted octanol–water partition coefficient (Wildman–Crippen LogP) is 4.92. The number of fused-ring (bicyclic) bond motifs is 1. The molecule has 0 N–H and O–H groups in total. The summed E-state index contributed by atoms with van der Waals surface area (Å²) in [5.41, 5.74) is 3.49. The maximum Gasteiger partial charge on any atom is 0.278 e. The molecule has 0 saturated heterocycles. The van der Waals surface area contributed by atoms with Gasteiger partial charge in [0.15, 0.2) is 5.69 Å². The van der Waals surface area contributed by atoms with E-state index >= 15 is 0 Å². The van der Waals surface area contributed by atoms with E-state index in [0.717, 1.165) is 22.6 Å². The molecule has 2 aromatic carbocycles. The van der Waals surface area contributed by atoms with Crippen LogP contribution in [0.2, 0.25) is 5.02 Å². The Morgan fingerprint density at radius 2 is 2.03 bits per heavy atom. The van der Waals surface area contributed by atoms with Crippen LogP contribution in [0.4, 0.5) is 0 Å². The summed E-state index contributed by atoms with van der Waals surface area (Å²) in [6.07, 6.45) is -0.0814. The number of nitrogens with zero attached hydrogens (tertiary/aromatic N) is 4. The van der Waals surface area contributed by atoms with Gasteiger partial charge in [0, 0.05) is 10.6 Å². The SMILES string of the molecule is CCOc1cccc(-c2noc(-c3cc4n(n3)C[C@H](c3ccc(Cl)cc3)OC4)n2)c1. The molecule has 3 heterocycles. The first-order valence-electron chi connectivity index (χ1n) is 9.70. The number of benzene rings is 2. The molecule has 0 amide bonds. The Kier molecular flexibility index (Phi) is 4.98. The molecule has 4 aromatic rings. The summed E-state index contributed by atoms with van der Waals surface area (Å²) >= 11 is 5.98. The third-order valence-electron chi connectivity index (χ3n) is 4.92. The molecule has 0 saturated carbocycles. The first-order chi connectivity index (χ1) is 14.7. The van der Waals surface area contributed by atoms with Crippen molar-refractivity contribution >= 4 is 11.6 Å². The molecule has 30 heavy (non-hydrogen) atoms. The van der Waals surface area contributed by atoms with E-state index in [-0.39, 0.29) is 6.10 Å². The molecule has 1 aliphatic heterocycles. The van der Waals surface area contributed by atoms with Crippen molar-refractivity contribution < 1.29 is 14.0 Å². The minimum atomic E-state index is -0.0814. The molecule has 0 radical (unpaired) electrons. The second-order valence-electron chi connectivity index (χ2n) is 6.94. The van der Waals surface area contributed by atoms with E-state index in [4.69, 9.17) is 25.6 Å². The number of aromatic nitrogens is 4. The van der Waals surface area contributed by atoms with Crippen LogP contribution in [-0.4, -0.2) is 26.5 Å². The molecular weight excluding hydrogens is 404 g/mol. The van der Waals surface area contributed by atoms with Gasteiger partial charge in [0.2, 0.25) is 5.82 Å². The third kappa shape index (κ3) is 3.69. The summed E-state index contributed by atoms with van der Waals surface area (Å²) < 4.78 is 19.0. The lowest BCUT2D eigenvalue weighted by molar-refractivity contribution is -0.00112. The highest BCUT2D eigenvalue weighted by molar-refractivity contribution is 6.30. The van der Waals surface area contributed by atoms with Crippen molar-refractivity contribution in [2.75, 3.05) is 6.61 Å². The molecule has 1 aliphatic rings. The highest BCUT2D eigenvalue weighted by Crippen LogP contribution is 2.30. The molecule has 0 spiro atoms. The molecule has 152 valence electrons. The monoisotopic (exact) mass is 422 g/mol. The maximum absolute atomic E-state index is 6.01. The largest absolute Gasteiger partial charge is 0.494 e. The van der Waals surface area contributed by atoms with E-state index in [9.17, 15) is 0 Å². The first kappa shape index (κ1) is 18.8. The first-order valence-corrected chi connectivity index (χ1v) is 10.1.